The van der Waals surface area contributed by atoms with Crippen molar-refractivity contribution < 1.29 is 19.7 Å². The van der Waals surface area contributed by atoms with Crippen LogP contribution in [0, 0.1) is 0 Å². The number of rotatable bonds is 0. The van der Waals surface area contributed by atoms with Crippen LogP contribution in [0.1, 0.15) is 0 Å². The van der Waals surface area contributed by atoms with Crippen LogP contribution in [-0.2, 0) is 9.47 Å². The number of ether oxygens (including phenoxy) is 2. The number of hydrogen-bond donors (Lipinski definition) is 2. The minimum Gasteiger partial charge on any atom is -0.357 e. The Morgan fingerprint density at radius 3 is 2.00 bits per heavy atom. The van der Waals surface area contributed by atoms with Gasteiger partial charge in [0.2, 0.25) is 0 Å². The molecule has 0 aromatic carbocycles. The highest BCUT2D eigenvalue weighted by molar-refractivity contribution is 5.01. The fourth-order valence-electron chi connectivity index (χ4n) is 0.581. The zero-order valence-electron chi connectivity index (χ0n) is 3.42. The van der Waals surface area contributed by atoms with Gasteiger partial charge in [0.05, 0.1) is 0 Å². The van der Waals surface area contributed by atoms with Crippen molar-refractivity contribution in [3.8, 4) is 0 Å². The van der Waals surface area contributed by atoms with Gasteiger partial charge in [0.1, 0.15) is 6.61 Å². The van der Waals surface area contributed by atoms with Gasteiger partial charge in [0, 0.05) is 0 Å². The van der Waals surface area contributed by atoms with Crippen LogP contribution >= 0.6 is 0 Å². The Bertz CT molecular complexity index is 110. The lowest BCUT2D eigenvalue weighted by Gasteiger charge is -2.18. The average Bonchev–Trinajstić information content (AvgIpc) is 1.89. The predicted molar refractivity (Wildman–Crippen MR) is 16.9 cm³/mol. The summed E-state index contributed by atoms with van der Waals surface area (Å²) >= 11 is 0. The summed E-state index contributed by atoms with van der Waals surface area (Å²) in [6, 6.07) is 0. The third kappa shape index (κ3) is 0.219. The largest absolute Gasteiger partial charge is 0.357 e. The van der Waals surface area contributed by atoms with Crippen LogP contribution in [0.15, 0.2) is 0 Å². The maximum Gasteiger partial charge on any atom is 0.343 e. The van der Waals surface area contributed by atoms with Gasteiger partial charge in [-0.25, -0.2) is 0 Å². The van der Waals surface area contributed by atoms with Gasteiger partial charge in [-0.1, -0.05) is 0 Å². The molecule has 40 valence electrons. The van der Waals surface area contributed by atoms with Crippen LogP contribution in [0.4, 0.5) is 0 Å². The Morgan fingerprint density at radius 2 is 2.00 bits per heavy atom. The molecule has 2 aliphatic heterocycles. The van der Waals surface area contributed by atoms with Crippen LogP contribution in [-0.4, -0.2) is 28.6 Å². The van der Waals surface area contributed by atoms with E-state index < -0.39 is 11.8 Å². The Morgan fingerprint density at radius 1 is 1.43 bits per heavy atom. The minimum absolute atomic E-state index is 0.0868. The summed E-state index contributed by atoms with van der Waals surface area (Å²) in [6.07, 6.45) is 0. The summed E-state index contributed by atoms with van der Waals surface area (Å²) < 4.78 is 8.67. The van der Waals surface area contributed by atoms with Gasteiger partial charge in [-0.2, -0.15) is 0 Å². The van der Waals surface area contributed by atoms with Crippen LogP contribution in [0.25, 0.3) is 0 Å². The Hall–Kier alpha value is -0.160. The molecule has 4 heteroatoms. The van der Waals surface area contributed by atoms with Gasteiger partial charge < -0.3 is 14.9 Å². The van der Waals surface area contributed by atoms with Crippen molar-refractivity contribution in [2.75, 3.05) is 6.61 Å². The van der Waals surface area contributed by atoms with E-state index in [1.807, 2.05) is 0 Å². The lowest BCUT2D eigenvalue weighted by molar-refractivity contribution is -0.270. The first-order valence-corrected chi connectivity index (χ1v) is 1.95. The summed E-state index contributed by atoms with van der Waals surface area (Å²) in [5, 5.41) is 17.2. The maximum atomic E-state index is 8.65. The molecule has 2 fully saturated rings. The molecule has 2 heterocycles. The van der Waals surface area contributed by atoms with Crippen molar-refractivity contribution in [1.82, 2.24) is 0 Å². The molecule has 0 aromatic rings. The number of fused-ring (bicyclic) bond motifs is 1. The maximum absolute atomic E-state index is 8.65. The molecule has 2 atom stereocenters. The van der Waals surface area contributed by atoms with Gasteiger partial charge in [-0.05, 0) is 0 Å². The van der Waals surface area contributed by atoms with Crippen molar-refractivity contribution in [3.63, 3.8) is 0 Å². The first-order valence-electron chi connectivity index (χ1n) is 1.95. The average molecular weight is 104 g/mol. The molecule has 7 heavy (non-hydrogen) atoms. The molecule has 2 unspecified atom stereocenters. The molecule has 0 radical (unpaired) electrons. The monoisotopic (exact) mass is 104 g/mol. The molecular formula is C3H4O4. The number of aliphatic hydroxyl groups is 2. The van der Waals surface area contributed by atoms with Crippen LogP contribution < -0.4 is 0 Å². The summed E-state index contributed by atoms with van der Waals surface area (Å²) in [6.45, 7) is 0.0868. The van der Waals surface area contributed by atoms with E-state index in [1.165, 1.54) is 0 Å². The standard InChI is InChI=1S/C3H4O4/c4-2-1-6-3(2,5)7-2/h4-5H,1H2. The van der Waals surface area contributed by atoms with E-state index in [0.29, 0.717) is 0 Å². The second-order valence-electron chi connectivity index (χ2n) is 1.76. The second kappa shape index (κ2) is 0.621. The Labute approximate surface area is 39.3 Å². The van der Waals surface area contributed by atoms with Gasteiger partial charge in [0.15, 0.2) is 0 Å². The first kappa shape index (κ1) is 3.80. The molecule has 0 bridgehead atoms. The van der Waals surface area contributed by atoms with E-state index >= 15 is 0 Å². The molecule has 0 aromatic heterocycles. The number of hydrogen-bond acceptors (Lipinski definition) is 4. The van der Waals surface area contributed by atoms with Gasteiger partial charge in [-0.15, -0.1) is 0 Å². The van der Waals surface area contributed by atoms with Crippen molar-refractivity contribution in [1.29, 1.82) is 0 Å². The van der Waals surface area contributed by atoms with Crippen molar-refractivity contribution >= 4 is 0 Å². The molecule has 0 saturated carbocycles. The van der Waals surface area contributed by atoms with Gasteiger partial charge >= 0.3 is 5.97 Å². The summed E-state index contributed by atoms with van der Waals surface area (Å²) in [4.78, 5) is 0. The molecule has 2 saturated heterocycles. The van der Waals surface area contributed by atoms with E-state index in [-0.39, 0.29) is 6.61 Å². The predicted octanol–water partition coefficient (Wildman–Crippen LogP) is -1.62. The third-order valence-electron chi connectivity index (χ3n) is 1.22. The molecule has 0 aliphatic carbocycles. The fraction of sp³-hybridized carbons (Fsp3) is 1.00. The van der Waals surface area contributed by atoms with Gasteiger partial charge in [-0.3, -0.25) is 4.74 Å². The fourth-order valence-corrected chi connectivity index (χ4v) is 0.581. The highest BCUT2D eigenvalue weighted by Gasteiger charge is 2.81. The van der Waals surface area contributed by atoms with E-state index in [1.54, 1.807) is 0 Å². The summed E-state index contributed by atoms with van der Waals surface area (Å²) in [5.74, 6) is -2.96. The van der Waals surface area contributed by atoms with Crippen LogP contribution in [0.5, 0.6) is 0 Å². The first-order chi connectivity index (χ1) is 3.16. The lowest BCUT2D eigenvalue weighted by atomic mass is 10.3. The molecule has 2 aliphatic rings. The molecule has 0 spiro atoms. The van der Waals surface area contributed by atoms with Gasteiger partial charge in [0.25, 0.3) is 5.79 Å². The van der Waals surface area contributed by atoms with Crippen molar-refractivity contribution in [3.05, 3.63) is 0 Å². The van der Waals surface area contributed by atoms with Crippen LogP contribution in [0.3, 0.4) is 0 Å². The van der Waals surface area contributed by atoms with E-state index in [4.69, 9.17) is 10.2 Å². The molecule has 0 amide bonds. The molecule has 2 N–H and O–H groups in total. The van der Waals surface area contributed by atoms with Crippen molar-refractivity contribution in [2.45, 2.75) is 11.8 Å². The quantitative estimate of drug-likeness (QED) is 0.362. The van der Waals surface area contributed by atoms with Crippen LogP contribution in [0.2, 0.25) is 0 Å². The smallest absolute Gasteiger partial charge is 0.343 e. The number of epoxide rings is 1. The Kier molecular flexibility index (Phi) is 0.337. The lowest BCUT2D eigenvalue weighted by Crippen LogP contribution is -2.44. The minimum atomic E-state index is -1.62. The zero-order valence-corrected chi connectivity index (χ0v) is 3.42. The Balaban J connectivity index is 2.26. The SMILES string of the molecule is OC12COC1(O)O2. The zero-order chi connectivity index (χ0) is 5.12. The highest BCUT2D eigenvalue weighted by Crippen LogP contribution is 2.53. The summed E-state index contributed by atoms with van der Waals surface area (Å²) in [5.41, 5.74) is 0. The van der Waals surface area contributed by atoms with Crippen molar-refractivity contribution in [2.24, 2.45) is 0 Å². The van der Waals surface area contributed by atoms with E-state index in [2.05, 4.69) is 9.47 Å². The molecule has 4 nitrogen and oxygen atoms in total. The highest BCUT2D eigenvalue weighted by atomic mass is 17.0. The molecular weight excluding hydrogens is 100 g/mol. The second-order valence-corrected chi connectivity index (χ2v) is 1.76. The third-order valence-corrected chi connectivity index (χ3v) is 1.22. The summed E-state index contributed by atoms with van der Waals surface area (Å²) in [7, 11) is 0. The van der Waals surface area contributed by atoms with E-state index in [9.17, 15) is 0 Å². The topological polar surface area (TPSA) is 62.2 Å². The normalized spacial score (nSPS) is 66.0. The molecule has 2 rings (SSSR count). The van der Waals surface area contributed by atoms with E-state index in [0.717, 1.165) is 0 Å².